The van der Waals surface area contributed by atoms with E-state index in [0.717, 1.165) is 0 Å². The number of hydrogen-bond acceptors (Lipinski definition) is 7. The Labute approximate surface area is 133 Å². The van der Waals surface area contributed by atoms with Crippen molar-refractivity contribution >= 4 is 17.3 Å². The molecule has 1 unspecified atom stereocenters. The second-order valence-electron chi connectivity index (χ2n) is 5.36. The Bertz CT molecular complexity index is 647. The highest BCUT2D eigenvalue weighted by Crippen LogP contribution is 2.33. The van der Waals surface area contributed by atoms with Crippen LogP contribution in [0.4, 0.5) is 11.4 Å². The Hall–Kier alpha value is -2.66. The number of benzene rings is 1. The molecule has 0 saturated carbocycles. The minimum Gasteiger partial charge on any atom is -0.467 e. The number of nitro benzene ring substituents is 1. The third-order valence-electron chi connectivity index (χ3n) is 4.07. The number of methoxy groups -OCH3 is 1. The van der Waals surface area contributed by atoms with E-state index in [9.17, 15) is 20.0 Å². The largest absolute Gasteiger partial charge is 0.467 e. The quantitative estimate of drug-likeness (QED) is 0.503. The maximum absolute atomic E-state index is 11.4. The molecular weight excluding hydrogens is 302 g/mol. The standard InChI is InChI=1S/C15H17N3O5/c1-23-15(20)14(19)11-4-6-17(7-5-11)12-3-2-10(9-16)8-13(12)18(21)22/h2-3,8,11,14,19H,4-7H2,1H3. The number of aliphatic hydroxyl groups is 1. The first-order valence-corrected chi connectivity index (χ1v) is 7.17. The lowest BCUT2D eigenvalue weighted by Crippen LogP contribution is -2.41. The highest BCUT2D eigenvalue weighted by atomic mass is 16.6. The van der Waals surface area contributed by atoms with Gasteiger partial charge in [-0.2, -0.15) is 5.26 Å². The molecule has 1 saturated heterocycles. The number of nitrogens with zero attached hydrogens (tertiary/aromatic N) is 3. The van der Waals surface area contributed by atoms with E-state index >= 15 is 0 Å². The summed E-state index contributed by atoms with van der Waals surface area (Å²) in [6, 6.07) is 6.24. The zero-order valence-corrected chi connectivity index (χ0v) is 12.6. The number of carbonyl (C=O) groups is 1. The number of carbonyl (C=O) groups excluding carboxylic acids is 1. The van der Waals surface area contributed by atoms with Gasteiger partial charge in [0.25, 0.3) is 5.69 Å². The summed E-state index contributed by atoms with van der Waals surface area (Å²) in [4.78, 5) is 23.9. The van der Waals surface area contributed by atoms with Gasteiger partial charge in [-0.1, -0.05) is 0 Å². The van der Waals surface area contributed by atoms with Crippen LogP contribution in [0.25, 0.3) is 0 Å². The number of anilines is 1. The van der Waals surface area contributed by atoms with Crippen LogP contribution >= 0.6 is 0 Å². The van der Waals surface area contributed by atoms with Crippen molar-refractivity contribution < 1.29 is 19.6 Å². The van der Waals surface area contributed by atoms with E-state index in [1.54, 1.807) is 6.07 Å². The zero-order chi connectivity index (χ0) is 17.0. The highest BCUT2D eigenvalue weighted by molar-refractivity contribution is 5.74. The minimum absolute atomic E-state index is 0.115. The monoisotopic (exact) mass is 319 g/mol. The molecule has 1 fully saturated rings. The first-order valence-electron chi connectivity index (χ1n) is 7.17. The van der Waals surface area contributed by atoms with Gasteiger partial charge < -0.3 is 14.7 Å². The molecule has 1 N–H and O–H groups in total. The molecule has 0 bridgehead atoms. The number of aliphatic hydroxyl groups excluding tert-OH is 1. The van der Waals surface area contributed by atoms with Crippen molar-refractivity contribution in [1.29, 1.82) is 5.26 Å². The lowest BCUT2D eigenvalue weighted by atomic mass is 9.91. The smallest absolute Gasteiger partial charge is 0.334 e. The number of esters is 1. The van der Waals surface area contributed by atoms with Crippen LogP contribution in [-0.4, -0.2) is 42.3 Å². The van der Waals surface area contributed by atoms with Crippen molar-refractivity contribution in [3.63, 3.8) is 0 Å². The van der Waals surface area contributed by atoms with Gasteiger partial charge in [-0.05, 0) is 30.9 Å². The van der Waals surface area contributed by atoms with Crippen molar-refractivity contribution in [3.8, 4) is 6.07 Å². The maximum Gasteiger partial charge on any atom is 0.334 e. The van der Waals surface area contributed by atoms with E-state index < -0.39 is 17.0 Å². The Morgan fingerprint density at radius 3 is 2.70 bits per heavy atom. The molecule has 1 atom stereocenters. The number of hydrogen-bond donors (Lipinski definition) is 1. The first kappa shape index (κ1) is 16.7. The molecule has 0 aromatic heterocycles. The lowest BCUT2D eigenvalue weighted by molar-refractivity contribution is -0.384. The number of piperidine rings is 1. The molecule has 0 spiro atoms. The normalized spacial score (nSPS) is 16.5. The van der Waals surface area contributed by atoms with Gasteiger partial charge in [0.05, 0.1) is 23.7 Å². The molecule has 8 heteroatoms. The summed E-state index contributed by atoms with van der Waals surface area (Å²) < 4.78 is 4.53. The van der Waals surface area contributed by atoms with Gasteiger partial charge in [-0.3, -0.25) is 10.1 Å². The second-order valence-corrected chi connectivity index (χ2v) is 5.36. The summed E-state index contributed by atoms with van der Waals surface area (Å²) in [5.74, 6) is -0.885. The Balaban J connectivity index is 2.13. The molecule has 23 heavy (non-hydrogen) atoms. The molecule has 0 radical (unpaired) electrons. The van der Waals surface area contributed by atoms with E-state index in [2.05, 4.69) is 4.74 Å². The van der Waals surface area contributed by atoms with Crippen LogP contribution in [0, 0.1) is 27.4 Å². The number of nitriles is 1. The molecule has 1 heterocycles. The molecule has 122 valence electrons. The van der Waals surface area contributed by atoms with Gasteiger partial charge in [-0.25, -0.2) is 4.79 Å². The number of ether oxygens (including phenoxy) is 1. The summed E-state index contributed by atoms with van der Waals surface area (Å²) >= 11 is 0. The van der Waals surface area contributed by atoms with E-state index in [4.69, 9.17) is 5.26 Å². The van der Waals surface area contributed by atoms with E-state index in [-0.39, 0.29) is 17.2 Å². The van der Waals surface area contributed by atoms with Gasteiger partial charge in [0.2, 0.25) is 0 Å². The third-order valence-corrected chi connectivity index (χ3v) is 4.07. The first-order chi connectivity index (χ1) is 11.0. The Morgan fingerprint density at radius 1 is 1.52 bits per heavy atom. The topological polar surface area (TPSA) is 117 Å². The molecule has 1 aliphatic heterocycles. The summed E-state index contributed by atoms with van der Waals surface area (Å²) in [5.41, 5.74) is 0.562. The van der Waals surface area contributed by atoms with Crippen LogP contribution in [0.3, 0.4) is 0 Å². The van der Waals surface area contributed by atoms with Crippen molar-refractivity contribution in [2.45, 2.75) is 18.9 Å². The SMILES string of the molecule is COC(=O)C(O)C1CCN(c2ccc(C#N)cc2[N+](=O)[O-])CC1. The van der Waals surface area contributed by atoms with E-state index in [1.807, 2.05) is 11.0 Å². The van der Waals surface area contributed by atoms with Crippen molar-refractivity contribution in [2.24, 2.45) is 5.92 Å². The van der Waals surface area contributed by atoms with Gasteiger partial charge in [-0.15, -0.1) is 0 Å². The number of rotatable bonds is 4. The number of nitro groups is 1. The molecule has 0 amide bonds. The van der Waals surface area contributed by atoms with Gasteiger partial charge in [0, 0.05) is 19.2 Å². The minimum atomic E-state index is -1.17. The molecule has 1 aromatic carbocycles. The van der Waals surface area contributed by atoms with Crippen LogP contribution in [0.5, 0.6) is 0 Å². The van der Waals surface area contributed by atoms with E-state index in [1.165, 1.54) is 19.2 Å². The zero-order valence-electron chi connectivity index (χ0n) is 12.6. The van der Waals surface area contributed by atoms with Gasteiger partial charge >= 0.3 is 5.97 Å². The fourth-order valence-electron chi connectivity index (χ4n) is 2.78. The summed E-state index contributed by atoms with van der Waals surface area (Å²) in [5, 5.41) is 29.9. The highest BCUT2D eigenvalue weighted by Gasteiger charge is 2.32. The van der Waals surface area contributed by atoms with Crippen LogP contribution in [0.15, 0.2) is 18.2 Å². The summed E-state index contributed by atoms with van der Waals surface area (Å²) in [6.07, 6.45) is -0.126. The maximum atomic E-state index is 11.4. The summed E-state index contributed by atoms with van der Waals surface area (Å²) in [6.45, 7) is 0.955. The molecule has 0 aliphatic carbocycles. The van der Waals surface area contributed by atoms with Crippen molar-refractivity contribution in [2.75, 3.05) is 25.1 Å². The predicted molar refractivity (Wildman–Crippen MR) is 80.8 cm³/mol. The van der Waals surface area contributed by atoms with Crippen LogP contribution in [-0.2, 0) is 9.53 Å². The third kappa shape index (κ3) is 3.57. The van der Waals surface area contributed by atoms with Crippen LogP contribution < -0.4 is 4.90 Å². The molecule has 1 aromatic rings. The Morgan fingerprint density at radius 2 is 2.17 bits per heavy atom. The summed E-state index contributed by atoms with van der Waals surface area (Å²) in [7, 11) is 1.22. The van der Waals surface area contributed by atoms with E-state index in [0.29, 0.717) is 31.6 Å². The lowest BCUT2D eigenvalue weighted by Gasteiger charge is -2.34. The fourth-order valence-corrected chi connectivity index (χ4v) is 2.78. The van der Waals surface area contributed by atoms with Crippen LogP contribution in [0.1, 0.15) is 18.4 Å². The average Bonchev–Trinajstić information content (AvgIpc) is 2.59. The molecule has 1 aliphatic rings. The molecule has 2 rings (SSSR count). The van der Waals surface area contributed by atoms with Crippen molar-refractivity contribution in [1.82, 2.24) is 0 Å². The second kappa shape index (κ2) is 7.07. The molecular formula is C15H17N3O5. The predicted octanol–water partition coefficient (Wildman–Crippen LogP) is 1.22. The van der Waals surface area contributed by atoms with Gasteiger partial charge in [0.15, 0.2) is 6.10 Å². The fraction of sp³-hybridized carbons (Fsp3) is 0.467. The average molecular weight is 319 g/mol. The van der Waals surface area contributed by atoms with Gasteiger partial charge in [0.1, 0.15) is 5.69 Å². The Kier molecular flexibility index (Phi) is 5.13. The molecule has 8 nitrogen and oxygen atoms in total. The van der Waals surface area contributed by atoms with Crippen molar-refractivity contribution in [3.05, 3.63) is 33.9 Å². The van der Waals surface area contributed by atoms with Crippen LogP contribution in [0.2, 0.25) is 0 Å².